The number of hydrogen-bond donors (Lipinski definition) is 1. The number of aromatic amines is 1. The lowest BCUT2D eigenvalue weighted by molar-refractivity contribution is 0.0994. The third kappa shape index (κ3) is 2.46. The number of para-hydroxylation sites is 2. The number of nitrogens with one attached hydrogen (secondary N) is 1. The van der Waals surface area contributed by atoms with Crippen molar-refractivity contribution >= 4 is 34.4 Å². The van der Waals surface area contributed by atoms with E-state index >= 15 is 0 Å². The van der Waals surface area contributed by atoms with Gasteiger partial charge in [-0.25, -0.2) is 14.5 Å². The van der Waals surface area contributed by atoms with Crippen molar-refractivity contribution in [3.05, 3.63) is 59.9 Å². The van der Waals surface area contributed by atoms with Crippen molar-refractivity contribution in [3.63, 3.8) is 0 Å². The van der Waals surface area contributed by atoms with Crippen LogP contribution in [0.4, 0.5) is 4.39 Å². The molecule has 1 atom stereocenters. The smallest absolute Gasteiger partial charge is 0.231 e. The predicted molar refractivity (Wildman–Crippen MR) is 90.9 cm³/mol. The van der Waals surface area contributed by atoms with Gasteiger partial charge in [0.2, 0.25) is 5.78 Å². The van der Waals surface area contributed by atoms with E-state index in [-0.39, 0.29) is 16.9 Å². The van der Waals surface area contributed by atoms with Crippen LogP contribution in [0, 0.1) is 5.82 Å². The molecule has 120 valence electrons. The molecule has 0 amide bonds. The SMILES string of the molecule is CC(Sc1n[nH]c2nc3ccccc3n12)C(=O)c1ccc(F)cc1. The van der Waals surface area contributed by atoms with Gasteiger partial charge in [0, 0.05) is 5.56 Å². The summed E-state index contributed by atoms with van der Waals surface area (Å²) in [6.07, 6.45) is 0. The van der Waals surface area contributed by atoms with Crippen LogP contribution in [0.3, 0.4) is 0 Å². The number of ketones is 1. The number of fused-ring (bicyclic) bond motifs is 3. The molecule has 0 spiro atoms. The van der Waals surface area contributed by atoms with E-state index in [0.29, 0.717) is 16.5 Å². The summed E-state index contributed by atoms with van der Waals surface area (Å²) in [6, 6.07) is 13.3. The lowest BCUT2D eigenvalue weighted by atomic mass is 10.1. The minimum Gasteiger partial charge on any atom is -0.293 e. The molecule has 4 aromatic rings. The van der Waals surface area contributed by atoms with Crippen molar-refractivity contribution in [1.29, 1.82) is 0 Å². The third-order valence-corrected chi connectivity index (χ3v) is 4.84. The van der Waals surface area contributed by atoms with Crippen LogP contribution in [0.5, 0.6) is 0 Å². The van der Waals surface area contributed by atoms with Gasteiger partial charge in [-0.05, 0) is 43.3 Å². The van der Waals surface area contributed by atoms with Crippen LogP contribution in [0.2, 0.25) is 0 Å². The number of carbonyl (C=O) groups excluding carboxylic acids is 1. The molecule has 0 bridgehead atoms. The van der Waals surface area contributed by atoms with E-state index < -0.39 is 0 Å². The van der Waals surface area contributed by atoms with E-state index in [2.05, 4.69) is 15.2 Å². The topological polar surface area (TPSA) is 63.1 Å². The van der Waals surface area contributed by atoms with Crippen LogP contribution >= 0.6 is 11.8 Å². The van der Waals surface area contributed by atoms with Crippen molar-refractivity contribution in [2.45, 2.75) is 17.3 Å². The Kier molecular flexibility index (Phi) is 3.57. The molecule has 0 aliphatic carbocycles. The van der Waals surface area contributed by atoms with Gasteiger partial charge in [-0.2, -0.15) is 0 Å². The van der Waals surface area contributed by atoms with Gasteiger partial charge < -0.3 is 0 Å². The van der Waals surface area contributed by atoms with E-state index in [0.717, 1.165) is 11.0 Å². The third-order valence-electron chi connectivity index (χ3n) is 3.78. The fraction of sp³-hybridized carbons (Fsp3) is 0.118. The zero-order valence-electron chi connectivity index (χ0n) is 12.7. The van der Waals surface area contributed by atoms with Crippen molar-refractivity contribution in [2.75, 3.05) is 0 Å². The van der Waals surface area contributed by atoms with Crippen LogP contribution < -0.4 is 0 Å². The molecule has 24 heavy (non-hydrogen) atoms. The number of aromatic nitrogens is 4. The van der Waals surface area contributed by atoms with E-state index in [9.17, 15) is 9.18 Å². The summed E-state index contributed by atoms with van der Waals surface area (Å²) in [7, 11) is 0. The summed E-state index contributed by atoms with van der Waals surface area (Å²) in [4.78, 5) is 17.0. The van der Waals surface area contributed by atoms with Crippen LogP contribution in [0.25, 0.3) is 16.8 Å². The Morgan fingerprint density at radius 3 is 2.75 bits per heavy atom. The van der Waals surface area contributed by atoms with Crippen LogP contribution in [-0.4, -0.2) is 30.6 Å². The van der Waals surface area contributed by atoms with E-state index in [1.54, 1.807) is 0 Å². The maximum Gasteiger partial charge on any atom is 0.231 e. The molecule has 0 saturated heterocycles. The first-order valence-electron chi connectivity index (χ1n) is 7.41. The average molecular weight is 340 g/mol. The van der Waals surface area contributed by atoms with Gasteiger partial charge in [0.1, 0.15) is 5.82 Å². The largest absolute Gasteiger partial charge is 0.293 e. The van der Waals surface area contributed by atoms with Crippen molar-refractivity contribution in [1.82, 2.24) is 19.6 Å². The first-order valence-corrected chi connectivity index (χ1v) is 8.29. The highest BCUT2D eigenvalue weighted by molar-refractivity contribution is 8.00. The Bertz CT molecular complexity index is 1040. The summed E-state index contributed by atoms with van der Waals surface area (Å²) in [6.45, 7) is 1.82. The molecule has 0 fully saturated rings. The van der Waals surface area contributed by atoms with Gasteiger partial charge in [0.05, 0.1) is 16.3 Å². The number of hydrogen-bond acceptors (Lipinski definition) is 4. The van der Waals surface area contributed by atoms with Gasteiger partial charge in [-0.1, -0.05) is 23.9 Å². The summed E-state index contributed by atoms with van der Waals surface area (Å²) in [5, 5.41) is 7.46. The van der Waals surface area contributed by atoms with Gasteiger partial charge in [0.25, 0.3) is 0 Å². The quantitative estimate of drug-likeness (QED) is 0.454. The maximum atomic E-state index is 13.0. The number of halogens is 1. The van der Waals surface area contributed by atoms with E-state index in [1.807, 2.05) is 35.6 Å². The summed E-state index contributed by atoms with van der Waals surface area (Å²) < 4.78 is 14.9. The molecule has 2 heterocycles. The Hall–Kier alpha value is -2.67. The average Bonchev–Trinajstić information content (AvgIpc) is 3.14. The second-order valence-electron chi connectivity index (χ2n) is 5.40. The molecule has 0 radical (unpaired) electrons. The Balaban J connectivity index is 1.66. The molecule has 2 aromatic carbocycles. The molecule has 4 rings (SSSR count). The molecular weight excluding hydrogens is 327 g/mol. The van der Waals surface area contributed by atoms with Gasteiger partial charge in [0.15, 0.2) is 10.9 Å². The molecule has 0 aliphatic rings. The van der Waals surface area contributed by atoms with Crippen molar-refractivity contribution in [2.24, 2.45) is 0 Å². The zero-order valence-corrected chi connectivity index (χ0v) is 13.5. The van der Waals surface area contributed by atoms with Gasteiger partial charge in [-0.3, -0.25) is 9.20 Å². The van der Waals surface area contributed by atoms with Crippen molar-refractivity contribution in [3.8, 4) is 0 Å². The Labute approximate surface area is 140 Å². The lowest BCUT2D eigenvalue weighted by Crippen LogP contribution is -2.14. The minimum atomic E-state index is -0.358. The number of H-pyrrole nitrogens is 1. The minimum absolute atomic E-state index is 0.0689. The second-order valence-corrected chi connectivity index (χ2v) is 6.70. The normalized spacial score (nSPS) is 12.8. The maximum absolute atomic E-state index is 13.0. The number of nitrogens with zero attached hydrogens (tertiary/aromatic N) is 3. The summed E-state index contributed by atoms with van der Waals surface area (Å²) in [5.41, 5.74) is 2.29. The highest BCUT2D eigenvalue weighted by Gasteiger charge is 2.20. The molecule has 1 unspecified atom stereocenters. The fourth-order valence-corrected chi connectivity index (χ4v) is 3.53. The number of rotatable bonds is 4. The van der Waals surface area contributed by atoms with Gasteiger partial charge >= 0.3 is 0 Å². The highest BCUT2D eigenvalue weighted by Crippen LogP contribution is 2.27. The highest BCUT2D eigenvalue weighted by atomic mass is 32.2. The standard InChI is InChI=1S/C17H13FN4OS/c1-10(15(23)11-6-8-12(18)9-7-11)24-17-21-20-16-19-13-4-2-3-5-14(13)22(16)17/h2-10H,1H3,(H,19,20). The number of benzene rings is 2. The Morgan fingerprint density at radius 1 is 1.21 bits per heavy atom. The lowest BCUT2D eigenvalue weighted by Gasteiger charge is -2.08. The Morgan fingerprint density at radius 2 is 1.96 bits per heavy atom. The number of carbonyl (C=O) groups is 1. The fourth-order valence-electron chi connectivity index (χ4n) is 2.58. The summed E-state index contributed by atoms with van der Waals surface area (Å²) >= 11 is 1.34. The molecule has 2 aromatic heterocycles. The molecule has 0 aliphatic heterocycles. The number of Topliss-reactive ketones (excluding diaryl/α,β-unsaturated/α-hetero) is 1. The predicted octanol–water partition coefficient (Wildman–Crippen LogP) is 3.71. The zero-order chi connectivity index (χ0) is 16.7. The van der Waals surface area contributed by atoms with Crippen LogP contribution in [0.15, 0.2) is 53.7 Å². The second kappa shape index (κ2) is 5.76. The van der Waals surface area contributed by atoms with E-state index in [1.165, 1.54) is 36.0 Å². The van der Waals surface area contributed by atoms with Crippen LogP contribution in [0.1, 0.15) is 17.3 Å². The number of thioether (sulfide) groups is 1. The number of imidazole rings is 1. The van der Waals surface area contributed by atoms with Gasteiger partial charge in [-0.15, -0.1) is 5.10 Å². The van der Waals surface area contributed by atoms with E-state index in [4.69, 9.17) is 0 Å². The summed E-state index contributed by atoms with van der Waals surface area (Å²) in [5.74, 6) is 0.214. The monoisotopic (exact) mass is 340 g/mol. The molecule has 5 nitrogen and oxygen atoms in total. The molecule has 7 heteroatoms. The van der Waals surface area contributed by atoms with Crippen molar-refractivity contribution < 1.29 is 9.18 Å². The first kappa shape index (κ1) is 14.9. The molecular formula is C17H13FN4OS. The van der Waals surface area contributed by atoms with Crippen LogP contribution in [-0.2, 0) is 0 Å². The molecule has 0 saturated carbocycles. The molecule has 1 N–H and O–H groups in total. The first-order chi connectivity index (χ1) is 11.6.